The number of benzene rings is 1. The van der Waals surface area contributed by atoms with Crippen LogP contribution in [0.25, 0.3) is 5.65 Å². The average Bonchev–Trinajstić information content (AvgIpc) is 2.69. The van der Waals surface area contributed by atoms with E-state index < -0.39 is 0 Å². The van der Waals surface area contributed by atoms with Crippen molar-refractivity contribution in [1.82, 2.24) is 9.38 Å². The molecule has 140 valence electrons. The second-order valence-corrected chi connectivity index (χ2v) is 6.47. The Bertz CT molecular complexity index is 1020. The van der Waals surface area contributed by atoms with Crippen LogP contribution < -0.4 is 15.6 Å². The molecule has 6 nitrogen and oxygen atoms in total. The topological polar surface area (TPSA) is 68.0 Å². The maximum Gasteiger partial charge on any atom is 0.268 e. The van der Waals surface area contributed by atoms with Crippen molar-refractivity contribution in [2.75, 3.05) is 12.4 Å². The predicted octanol–water partition coefficient (Wildman–Crippen LogP) is 3.97. The van der Waals surface area contributed by atoms with Crippen LogP contribution in [0.3, 0.4) is 0 Å². The molecule has 0 aliphatic rings. The van der Waals surface area contributed by atoms with Gasteiger partial charge in [0.2, 0.25) is 0 Å². The van der Waals surface area contributed by atoms with E-state index in [2.05, 4.69) is 24.2 Å². The molecule has 0 saturated carbocycles. The zero-order chi connectivity index (χ0) is 19.4. The summed E-state index contributed by atoms with van der Waals surface area (Å²) < 4.78 is 6.72. The standard InChI is InChI=1S/C21H24N4O2/c1-5-15(3)23-19-18(13-22-16-8-10-17(27-4)11-9-16)21(26)25-12-6-7-14(2)20(25)24-19/h6-13,15,23H,5H2,1-4H3/t15-/m1/s1. The van der Waals surface area contributed by atoms with Gasteiger partial charge >= 0.3 is 0 Å². The van der Waals surface area contributed by atoms with E-state index in [-0.39, 0.29) is 11.6 Å². The molecular weight excluding hydrogens is 340 g/mol. The SMILES string of the molecule is CC[C@@H](C)Nc1nc2c(C)cccn2c(=O)c1C=Nc1ccc(OC)cc1. The van der Waals surface area contributed by atoms with Gasteiger partial charge in [-0.15, -0.1) is 0 Å². The van der Waals surface area contributed by atoms with E-state index in [9.17, 15) is 4.79 Å². The fraction of sp³-hybridized carbons (Fsp3) is 0.286. The molecule has 0 aliphatic heterocycles. The van der Waals surface area contributed by atoms with E-state index in [1.807, 2.05) is 43.3 Å². The van der Waals surface area contributed by atoms with Gasteiger partial charge in [0.25, 0.3) is 5.56 Å². The Morgan fingerprint density at radius 2 is 2.04 bits per heavy atom. The smallest absolute Gasteiger partial charge is 0.268 e. The lowest BCUT2D eigenvalue weighted by molar-refractivity contribution is 0.415. The van der Waals surface area contributed by atoms with Gasteiger partial charge < -0.3 is 10.1 Å². The van der Waals surface area contributed by atoms with Gasteiger partial charge in [0, 0.05) is 18.5 Å². The van der Waals surface area contributed by atoms with Crippen molar-refractivity contribution < 1.29 is 4.74 Å². The van der Waals surface area contributed by atoms with Crippen molar-refractivity contribution in [2.24, 2.45) is 4.99 Å². The molecule has 0 bridgehead atoms. The molecule has 1 aromatic carbocycles. The van der Waals surface area contributed by atoms with Crippen molar-refractivity contribution >= 4 is 23.4 Å². The third kappa shape index (κ3) is 4.00. The Hall–Kier alpha value is -3.15. The van der Waals surface area contributed by atoms with Gasteiger partial charge in [-0.05, 0) is 56.2 Å². The monoisotopic (exact) mass is 364 g/mol. The van der Waals surface area contributed by atoms with Crippen LogP contribution in [0.4, 0.5) is 11.5 Å². The molecule has 1 atom stereocenters. The lowest BCUT2D eigenvalue weighted by Gasteiger charge is -2.15. The molecule has 3 aromatic rings. The first kappa shape index (κ1) is 18.6. The maximum absolute atomic E-state index is 13.1. The van der Waals surface area contributed by atoms with E-state index in [1.54, 1.807) is 23.9 Å². The fourth-order valence-corrected chi connectivity index (χ4v) is 2.68. The van der Waals surface area contributed by atoms with Gasteiger partial charge in [-0.25, -0.2) is 4.98 Å². The van der Waals surface area contributed by atoms with Crippen LogP contribution in [0.15, 0.2) is 52.4 Å². The fourth-order valence-electron chi connectivity index (χ4n) is 2.68. The Labute approximate surface area is 158 Å². The van der Waals surface area contributed by atoms with Crippen LogP contribution in [-0.2, 0) is 0 Å². The average molecular weight is 364 g/mol. The van der Waals surface area contributed by atoms with Gasteiger partial charge in [0.1, 0.15) is 22.8 Å². The van der Waals surface area contributed by atoms with Crippen LogP contribution in [0.1, 0.15) is 31.4 Å². The van der Waals surface area contributed by atoms with Gasteiger partial charge in [0.05, 0.1) is 12.8 Å². The van der Waals surface area contributed by atoms with Crippen LogP contribution in [0.2, 0.25) is 0 Å². The van der Waals surface area contributed by atoms with Crippen molar-refractivity contribution in [3.63, 3.8) is 0 Å². The largest absolute Gasteiger partial charge is 0.497 e. The maximum atomic E-state index is 13.1. The summed E-state index contributed by atoms with van der Waals surface area (Å²) in [5, 5.41) is 3.34. The summed E-state index contributed by atoms with van der Waals surface area (Å²) in [6.07, 6.45) is 4.23. The number of fused-ring (bicyclic) bond motifs is 1. The molecule has 1 N–H and O–H groups in total. The first-order chi connectivity index (χ1) is 13.0. The number of aromatic nitrogens is 2. The third-order valence-electron chi connectivity index (χ3n) is 4.49. The minimum Gasteiger partial charge on any atom is -0.497 e. The summed E-state index contributed by atoms with van der Waals surface area (Å²) in [6.45, 7) is 6.09. The normalized spacial score (nSPS) is 12.4. The van der Waals surface area contributed by atoms with Crippen LogP contribution in [0.5, 0.6) is 5.75 Å². The summed E-state index contributed by atoms with van der Waals surface area (Å²) >= 11 is 0. The van der Waals surface area contributed by atoms with Crippen LogP contribution in [-0.4, -0.2) is 28.8 Å². The Kier molecular flexibility index (Phi) is 5.54. The van der Waals surface area contributed by atoms with Crippen molar-refractivity contribution in [3.8, 4) is 5.75 Å². The second kappa shape index (κ2) is 8.03. The number of ether oxygens (including phenoxy) is 1. The van der Waals surface area contributed by atoms with Crippen LogP contribution in [0, 0.1) is 6.92 Å². The molecule has 3 rings (SSSR count). The van der Waals surface area contributed by atoms with E-state index in [0.29, 0.717) is 17.0 Å². The number of rotatable bonds is 6. The zero-order valence-electron chi connectivity index (χ0n) is 16.1. The number of nitrogens with one attached hydrogen (secondary N) is 1. The van der Waals surface area contributed by atoms with E-state index in [0.717, 1.165) is 23.4 Å². The lowest BCUT2D eigenvalue weighted by Crippen LogP contribution is -2.25. The summed E-state index contributed by atoms with van der Waals surface area (Å²) in [7, 11) is 1.62. The Morgan fingerprint density at radius 1 is 1.30 bits per heavy atom. The number of nitrogens with zero attached hydrogens (tertiary/aromatic N) is 3. The van der Waals surface area contributed by atoms with Crippen LogP contribution >= 0.6 is 0 Å². The Balaban J connectivity index is 2.10. The van der Waals surface area contributed by atoms with Gasteiger partial charge in [-0.1, -0.05) is 13.0 Å². The highest BCUT2D eigenvalue weighted by Crippen LogP contribution is 2.19. The summed E-state index contributed by atoms with van der Waals surface area (Å²) in [4.78, 5) is 22.2. The molecule has 27 heavy (non-hydrogen) atoms. The molecule has 0 aliphatic carbocycles. The summed E-state index contributed by atoms with van der Waals surface area (Å²) in [5.74, 6) is 1.32. The van der Waals surface area contributed by atoms with Gasteiger partial charge in [-0.2, -0.15) is 0 Å². The molecule has 0 amide bonds. The molecule has 0 unspecified atom stereocenters. The number of methoxy groups -OCH3 is 1. The summed E-state index contributed by atoms with van der Waals surface area (Å²) in [5.41, 5.74) is 2.62. The Morgan fingerprint density at radius 3 is 2.70 bits per heavy atom. The molecule has 0 radical (unpaired) electrons. The number of hydrogen-bond donors (Lipinski definition) is 1. The minimum atomic E-state index is -0.147. The molecule has 2 aromatic heterocycles. The van der Waals surface area contributed by atoms with Crippen molar-refractivity contribution in [2.45, 2.75) is 33.2 Å². The first-order valence-corrected chi connectivity index (χ1v) is 9.00. The third-order valence-corrected chi connectivity index (χ3v) is 4.49. The predicted molar refractivity (Wildman–Crippen MR) is 110 cm³/mol. The highest BCUT2D eigenvalue weighted by molar-refractivity contribution is 5.88. The van der Waals surface area contributed by atoms with Crippen molar-refractivity contribution in [1.29, 1.82) is 0 Å². The van der Waals surface area contributed by atoms with Gasteiger partial charge in [0.15, 0.2) is 0 Å². The quantitative estimate of drug-likeness (QED) is 0.672. The molecular formula is C21H24N4O2. The van der Waals surface area contributed by atoms with E-state index in [1.165, 1.54) is 0 Å². The van der Waals surface area contributed by atoms with E-state index in [4.69, 9.17) is 9.72 Å². The molecule has 2 heterocycles. The minimum absolute atomic E-state index is 0.147. The number of hydrogen-bond acceptors (Lipinski definition) is 5. The molecule has 0 fully saturated rings. The summed E-state index contributed by atoms with van der Waals surface area (Å²) in [6, 6.07) is 11.3. The number of anilines is 1. The number of aryl methyl sites for hydroxylation is 1. The van der Waals surface area contributed by atoms with Gasteiger partial charge in [-0.3, -0.25) is 14.2 Å². The molecule has 0 spiro atoms. The van der Waals surface area contributed by atoms with E-state index >= 15 is 0 Å². The highest BCUT2D eigenvalue weighted by atomic mass is 16.5. The first-order valence-electron chi connectivity index (χ1n) is 9.00. The molecule has 0 saturated heterocycles. The second-order valence-electron chi connectivity index (χ2n) is 6.47. The lowest BCUT2D eigenvalue weighted by atomic mass is 10.2. The molecule has 6 heteroatoms. The van der Waals surface area contributed by atoms with Crippen molar-refractivity contribution in [3.05, 3.63) is 64.1 Å². The highest BCUT2D eigenvalue weighted by Gasteiger charge is 2.14. The number of aliphatic imine (C=N–C) groups is 1. The number of pyridine rings is 1. The zero-order valence-corrected chi connectivity index (χ0v) is 16.1.